The number of alkyl halides is 2. The number of hydrogen-bond donors (Lipinski definition) is 0. The van der Waals surface area contributed by atoms with Crippen LogP contribution in [0, 0.1) is 23.3 Å². The van der Waals surface area contributed by atoms with E-state index in [1.165, 1.54) is 12.5 Å². The molecular weight excluding hydrogens is 478 g/mol. The van der Waals surface area contributed by atoms with Gasteiger partial charge in [0.25, 0.3) is 0 Å². The van der Waals surface area contributed by atoms with Gasteiger partial charge in [-0.3, -0.25) is 0 Å². The average molecular weight is 502 g/mol. The van der Waals surface area contributed by atoms with Crippen LogP contribution >= 0.6 is 0 Å². The van der Waals surface area contributed by atoms with Gasteiger partial charge < -0.3 is 4.74 Å². The van der Waals surface area contributed by atoms with Gasteiger partial charge in [-0.1, -0.05) is 62.6 Å². The number of benzene rings is 4. The Balaban J connectivity index is 1.65. The molecule has 36 heavy (non-hydrogen) atoms. The molecule has 0 radical (unpaired) electrons. The molecule has 0 N–H and O–H groups in total. The molecule has 0 spiro atoms. The molecule has 4 rings (SSSR count). The Hall–Kier alpha value is -3.48. The summed E-state index contributed by atoms with van der Waals surface area (Å²) < 4.78 is 88.1. The molecule has 0 fully saturated rings. The Bertz CT molecular complexity index is 1360. The van der Waals surface area contributed by atoms with Crippen LogP contribution < -0.4 is 4.74 Å². The third kappa shape index (κ3) is 5.50. The van der Waals surface area contributed by atoms with Crippen LogP contribution in [-0.2, 0) is 6.42 Å². The van der Waals surface area contributed by atoms with Crippen LogP contribution in [0.25, 0.3) is 33.0 Å². The number of rotatable bonds is 9. The standard InChI is InChI=1S/C29H24F6O/c1-2-3-4-5-6-17-7-10-21-18(13-17)8-11-22(28(21)33)20-15-24(31)27(25(32)16-20)19-9-12-26(23(30)14-19)36-29(34)35/h7-16,29H,2-6H2,1H3. The van der Waals surface area contributed by atoms with Gasteiger partial charge in [0.1, 0.15) is 17.5 Å². The predicted octanol–water partition coefficient (Wildman–Crippen LogP) is 9.45. The van der Waals surface area contributed by atoms with Gasteiger partial charge in [0.15, 0.2) is 11.6 Å². The van der Waals surface area contributed by atoms with Crippen LogP contribution in [0.15, 0.2) is 60.7 Å². The average Bonchev–Trinajstić information content (AvgIpc) is 2.83. The van der Waals surface area contributed by atoms with E-state index in [-0.39, 0.29) is 16.7 Å². The van der Waals surface area contributed by atoms with Crippen molar-refractivity contribution in [2.75, 3.05) is 0 Å². The van der Waals surface area contributed by atoms with Gasteiger partial charge in [0.2, 0.25) is 0 Å². The molecular formula is C29H24F6O. The van der Waals surface area contributed by atoms with E-state index in [1.54, 1.807) is 12.1 Å². The van der Waals surface area contributed by atoms with Crippen molar-refractivity contribution in [1.82, 2.24) is 0 Å². The minimum Gasteiger partial charge on any atom is -0.432 e. The second kappa shape index (κ2) is 11.1. The zero-order valence-corrected chi connectivity index (χ0v) is 19.6. The second-order valence-corrected chi connectivity index (χ2v) is 8.63. The van der Waals surface area contributed by atoms with E-state index < -0.39 is 41.2 Å². The SMILES string of the molecule is CCCCCCc1ccc2c(F)c(-c3cc(F)c(-c4ccc(OC(F)F)c(F)c4)c(F)c3)ccc2c1. The van der Waals surface area contributed by atoms with Crippen LogP contribution in [0.5, 0.6) is 5.75 Å². The number of hydrogen-bond acceptors (Lipinski definition) is 1. The molecule has 0 aliphatic carbocycles. The van der Waals surface area contributed by atoms with E-state index in [2.05, 4.69) is 11.7 Å². The summed E-state index contributed by atoms with van der Waals surface area (Å²) in [6.45, 7) is -1.10. The minimum atomic E-state index is -3.24. The van der Waals surface area contributed by atoms with Crippen molar-refractivity contribution < 1.29 is 31.1 Å². The quantitative estimate of drug-likeness (QED) is 0.164. The molecule has 0 aliphatic rings. The lowest BCUT2D eigenvalue weighted by Gasteiger charge is -2.12. The molecule has 0 saturated carbocycles. The summed E-state index contributed by atoms with van der Waals surface area (Å²) in [6.07, 6.45) is 5.40. The molecule has 0 aliphatic heterocycles. The van der Waals surface area contributed by atoms with Crippen LogP contribution in [0.3, 0.4) is 0 Å². The van der Waals surface area contributed by atoms with Crippen LogP contribution in [0.4, 0.5) is 26.3 Å². The fourth-order valence-corrected chi connectivity index (χ4v) is 4.33. The van der Waals surface area contributed by atoms with Gasteiger partial charge in [-0.25, -0.2) is 17.6 Å². The van der Waals surface area contributed by atoms with Gasteiger partial charge in [0.05, 0.1) is 5.56 Å². The lowest BCUT2D eigenvalue weighted by molar-refractivity contribution is -0.0521. The molecule has 0 aromatic heterocycles. The third-order valence-electron chi connectivity index (χ3n) is 6.13. The van der Waals surface area contributed by atoms with Crippen molar-refractivity contribution in [3.8, 4) is 28.0 Å². The van der Waals surface area contributed by atoms with E-state index >= 15 is 4.39 Å². The molecule has 0 unspecified atom stereocenters. The Labute approximate surface area is 205 Å². The molecule has 1 nitrogen and oxygen atoms in total. The monoisotopic (exact) mass is 502 g/mol. The summed E-state index contributed by atoms with van der Waals surface area (Å²) in [7, 11) is 0. The van der Waals surface area contributed by atoms with Gasteiger partial charge in [0, 0.05) is 10.9 Å². The number of aryl methyl sites for hydroxylation is 1. The smallest absolute Gasteiger partial charge is 0.387 e. The fourth-order valence-electron chi connectivity index (χ4n) is 4.33. The molecule has 0 amide bonds. The molecule has 0 saturated heterocycles. The Morgan fingerprint density at radius 2 is 1.44 bits per heavy atom. The van der Waals surface area contributed by atoms with Crippen molar-refractivity contribution in [3.63, 3.8) is 0 Å². The topological polar surface area (TPSA) is 9.23 Å². The number of halogens is 6. The Morgan fingerprint density at radius 3 is 2.11 bits per heavy atom. The van der Waals surface area contributed by atoms with E-state index in [9.17, 15) is 22.0 Å². The summed E-state index contributed by atoms with van der Waals surface area (Å²) in [4.78, 5) is 0. The zero-order chi connectivity index (χ0) is 25.8. The maximum absolute atomic E-state index is 15.4. The highest BCUT2D eigenvalue weighted by Crippen LogP contribution is 2.36. The normalized spacial score (nSPS) is 11.4. The van der Waals surface area contributed by atoms with Crippen LogP contribution in [0.2, 0.25) is 0 Å². The molecule has 4 aromatic carbocycles. The van der Waals surface area contributed by atoms with Crippen molar-refractivity contribution >= 4 is 10.8 Å². The summed E-state index contributed by atoms with van der Waals surface area (Å²) in [5, 5.41) is 1.04. The van der Waals surface area contributed by atoms with Crippen molar-refractivity contribution in [1.29, 1.82) is 0 Å². The van der Waals surface area contributed by atoms with E-state index in [0.29, 0.717) is 16.8 Å². The lowest BCUT2D eigenvalue weighted by atomic mass is 9.95. The number of ether oxygens (including phenoxy) is 1. The van der Waals surface area contributed by atoms with Crippen LogP contribution in [0.1, 0.15) is 38.2 Å². The Morgan fingerprint density at radius 1 is 0.722 bits per heavy atom. The third-order valence-corrected chi connectivity index (χ3v) is 6.13. The highest BCUT2D eigenvalue weighted by molar-refractivity contribution is 5.89. The van der Waals surface area contributed by atoms with Crippen molar-refractivity contribution in [2.45, 2.75) is 45.6 Å². The lowest BCUT2D eigenvalue weighted by Crippen LogP contribution is -2.04. The first-order valence-corrected chi connectivity index (χ1v) is 11.7. The first-order chi connectivity index (χ1) is 17.3. The summed E-state index contributed by atoms with van der Waals surface area (Å²) >= 11 is 0. The maximum Gasteiger partial charge on any atom is 0.387 e. The van der Waals surface area contributed by atoms with Gasteiger partial charge in [-0.05, 0) is 59.2 Å². The highest BCUT2D eigenvalue weighted by atomic mass is 19.3. The molecule has 4 aromatic rings. The minimum absolute atomic E-state index is 0.0186. The van der Waals surface area contributed by atoms with Crippen LogP contribution in [-0.4, -0.2) is 6.61 Å². The van der Waals surface area contributed by atoms with E-state index in [0.717, 1.165) is 55.5 Å². The Kier molecular flexibility index (Phi) is 7.87. The predicted molar refractivity (Wildman–Crippen MR) is 129 cm³/mol. The number of fused-ring (bicyclic) bond motifs is 1. The first-order valence-electron chi connectivity index (χ1n) is 11.7. The highest BCUT2D eigenvalue weighted by Gasteiger charge is 2.19. The molecule has 7 heteroatoms. The summed E-state index contributed by atoms with van der Waals surface area (Å²) in [5.41, 5.74) is 0.338. The first kappa shape index (κ1) is 25.6. The molecule has 0 atom stereocenters. The summed E-state index contributed by atoms with van der Waals surface area (Å²) in [6, 6.07) is 13.2. The largest absolute Gasteiger partial charge is 0.432 e. The van der Waals surface area contributed by atoms with Gasteiger partial charge in [-0.15, -0.1) is 0 Å². The maximum atomic E-state index is 15.4. The molecule has 0 bridgehead atoms. The number of unbranched alkanes of at least 4 members (excludes halogenated alkanes) is 3. The molecule has 188 valence electrons. The van der Waals surface area contributed by atoms with Gasteiger partial charge in [-0.2, -0.15) is 8.78 Å². The van der Waals surface area contributed by atoms with E-state index in [4.69, 9.17) is 0 Å². The van der Waals surface area contributed by atoms with Crippen molar-refractivity contribution in [3.05, 3.63) is 89.5 Å². The second-order valence-electron chi connectivity index (χ2n) is 8.63. The van der Waals surface area contributed by atoms with Gasteiger partial charge >= 0.3 is 6.61 Å². The summed E-state index contributed by atoms with van der Waals surface area (Å²) in [5.74, 6) is -4.63. The zero-order valence-electron chi connectivity index (χ0n) is 19.6. The fraction of sp³-hybridized carbons (Fsp3) is 0.241. The van der Waals surface area contributed by atoms with E-state index in [1.807, 2.05) is 12.1 Å². The molecule has 0 heterocycles. The van der Waals surface area contributed by atoms with Crippen molar-refractivity contribution in [2.24, 2.45) is 0 Å².